The lowest BCUT2D eigenvalue weighted by molar-refractivity contribution is 0.436. The van der Waals surface area contributed by atoms with Crippen LogP contribution < -0.4 is 14.1 Å². The summed E-state index contributed by atoms with van der Waals surface area (Å²) >= 11 is 0. The van der Waals surface area contributed by atoms with E-state index in [1.165, 1.54) is 0 Å². The van der Waals surface area contributed by atoms with E-state index in [4.69, 9.17) is 5.73 Å². The Morgan fingerprint density at radius 3 is 2.64 bits per heavy atom. The van der Waals surface area contributed by atoms with Gasteiger partial charge in [-0.15, -0.1) is 8.42 Å². The number of hydrogen-bond donors (Lipinski definition) is 1. The predicted molar refractivity (Wildman–Crippen MR) is 49.4 cm³/mol. The molecule has 1 heterocycles. The fraction of sp³-hybridized carbons (Fsp3) is 0.250. The van der Waals surface area contributed by atoms with Crippen molar-refractivity contribution in [1.82, 2.24) is 0 Å². The average molecular weight is 215 g/mol. The third-order valence-electron chi connectivity index (χ3n) is 1.82. The maximum atomic E-state index is 10.9. The standard InChI is InChI=1S/C8H9NO4S/c9-4-3-6-1-2-7-8(5-6)13-14(10,11)12-7/h1-2,5H,3-4,9H2. The summed E-state index contributed by atoms with van der Waals surface area (Å²) in [5.74, 6) is 0.460. The molecule has 1 aliphatic heterocycles. The van der Waals surface area contributed by atoms with Crippen LogP contribution in [-0.2, 0) is 16.8 Å². The summed E-state index contributed by atoms with van der Waals surface area (Å²) in [6, 6.07) is 4.94. The Morgan fingerprint density at radius 1 is 1.21 bits per heavy atom. The first-order valence-electron chi connectivity index (χ1n) is 4.07. The summed E-state index contributed by atoms with van der Waals surface area (Å²) in [6.45, 7) is 0.506. The smallest absolute Gasteiger partial charge is 0.349 e. The molecule has 1 aliphatic rings. The molecule has 0 atom stereocenters. The van der Waals surface area contributed by atoms with Gasteiger partial charge in [-0.05, 0) is 30.7 Å². The Morgan fingerprint density at radius 2 is 1.93 bits per heavy atom. The number of fused-ring (bicyclic) bond motifs is 1. The molecular formula is C8H9NO4S. The van der Waals surface area contributed by atoms with Gasteiger partial charge in [-0.2, -0.15) is 0 Å². The molecule has 1 aromatic carbocycles. The normalized spacial score (nSPS) is 16.9. The van der Waals surface area contributed by atoms with Gasteiger partial charge in [0.25, 0.3) is 0 Å². The lowest BCUT2D eigenvalue weighted by atomic mass is 10.1. The van der Waals surface area contributed by atoms with Gasteiger partial charge in [0.05, 0.1) is 0 Å². The number of benzene rings is 1. The molecular weight excluding hydrogens is 206 g/mol. The molecule has 5 nitrogen and oxygen atoms in total. The molecule has 0 aliphatic carbocycles. The molecule has 0 radical (unpaired) electrons. The van der Waals surface area contributed by atoms with E-state index in [0.717, 1.165) is 5.56 Å². The van der Waals surface area contributed by atoms with Crippen molar-refractivity contribution < 1.29 is 16.8 Å². The van der Waals surface area contributed by atoms with Crippen LogP contribution in [0.2, 0.25) is 0 Å². The van der Waals surface area contributed by atoms with E-state index in [-0.39, 0.29) is 11.5 Å². The van der Waals surface area contributed by atoms with Gasteiger partial charge in [-0.25, -0.2) is 0 Å². The third-order valence-corrected chi connectivity index (χ3v) is 2.59. The van der Waals surface area contributed by atoms with Gasteiger partial charge in [-0.3, -0.25) is 0 Å². The lowest BCUT2D eigenvalue weighted by Gasteiger charge is -1.98. The van der Waals surface area contributed by atoms with Crippen LogP contribution in [0.5, 0.6) is 11.5 Å². The van der Waals surface area contributed by atoms with Gasteiger partial charge >= 0.3 is 10.4 Å². The Balaban J connectivity index is 2.35. The van der Waals surface area contributed by atoms with Crippen LogP contribution in [0.1, 0.15) is 5.56 Å². The molecule has 6 heteroatoms. The fourth-order valence-corrected chi connectivity index (χ4v) is 1.99. The summed E-state index contributed by atoms with van der Waals surface area (Å²) in [6.07, 6.45) is 0.677. The molecule has 0 amide bonds. The minimum atomic E-state index is -3.87. The maximum absolute atomic E-state index is 10.9. The van der Waals surface area contributed by atoms with Gasteiger partial charge in [0.15, 0.2) is 11.5 Å². The predicted octanol–water partition coefficient (Wildman–Crippen LogP) is 0.204. The highest BCUT2D eigenvalue weighted by atomic mass is 32.3. The summed E-state index contributed by atoms with van der Waals surface area (Å²) < 4.78 is 30.9. The molecule has 0 bridgehead atoms. The molecule has 14 heavy (non-hydrogen) atoms. The number of hydrogen-bond acceptors (Lipinski definition) is 5. The van der Waals surface area contributed by atoms with E-state index in [1.54, 1.807) is 18.2 Å². The van der Waals surface area contributed by atoms with Crippen LogP contribution in [0.4, 0.5) is 0 Å². The Hall–Kier alpha value is -1.27. The SMILES string of the molecule is NCCc1ccc2c(c1)OS(=O)(=O)O2. The van der Waals surface area contributed by atoms with Crippen molar-refractivity contribution in [3.8, 4) is 11.5 Å². The lowest BCUT2D eigenvalue weighted by Crippen LogP contribution is -2.08. The summed E-state index contributed by atoms with van der Waals surface area (Å²) in [7, 11) is -3.87. The molecule has 0 spiro atoms. The zero-order chi connectivity index (χ0) is 10.2. The minimum Gasteiger partial charge on any atom is -0.349 e. The molecule has 0 fully saturated rings. The molecule has 2 N–H and O–H groups in total. The van der Waals surface area contributed by atoms with E-state index in [2.05, 4.69) is 8.37 Å². The van der Waals surface area contributed by atoms with Crippen molar-refractivity contribution in [2.75, 3.05) is 6.54 Å². The summed E-state index contributed by atoms with van der Waals surface area (Å²) in [5.41, 5.74) is 6.29. The monoisotopic (exact) mass is 215 g/mol. The highest BCUT2D eigenvalue weighted by molar-refractivity contribution is 7.82. The first-order valence-corrected chi connectivity index (χ1v) is 5.41. The quantitative estimate of drug-likeness (QED) is 0.762. The average Bonchev–Trinajstić information content (AvgIpc) is 2.38. The van der Waals surface area contributed by atoms with Crippen molar-refractivity contribution in [3.63, 3.8) is 0 Å². The van der Waals surface area contributed by atoms with Crippen LogP contribution in [0, 0.1) is 0 Å². The van der Waals surface area contributed by atoms with Gasteiger partial charge in [0, 0.05) is 0 Å². The Labute approximate surface area is 81.8 Å². The van der Waals surface area contributed by atoms with Crippen LogP contribution in [-0.4, -0.2) is 15.0 Å². The molecule has 76 valence electrons. The largest absolute Gasteiger partial charge is 0.501 e. The second kappa shape index (κ2) is 3.14. The summed E-state index contributed by atoms with van der Waals surface area (Å²) in [4.78, 5) is 0. The van der Waals surface area contributed by atoms with Crippen LogP contribution >= 0.6 is 0 Å². The topological polar surface area (TPSA) is 78.6 Å². The molecule has 0 saturated heterocycles. The van der Waals surface area contributed by atoms with Crippen LogP contribution in [0.3, 0.4) is 0 Å². The van der Waals surface area contributed by atoms with Crippen LogP contribution in [0.15, 0.2) is 18.2 Å². The molecule has 0 unspecified atom stereocenters. The number of rotatable bonds is 2. The molecule has 1 aromatic rings. The van der Waals surface area contributed by atoms with E-state index in [0.29, 0.717) is 13.0 Å². The maximum Gasteiger partial charge on any atom is 0.501 e. The second-order valence-corrected chi connectivity index (χ2v) is 4.04. The fourth-order valence-electron chi connectivity index (χ4n) is 1.25. The van der Waals surface area contributed by atoms with Gasteiger partial charge in [0.1, 0.15) is 0 Å². The summed E-state index contributed by atoms with van der Waals surface area (Å²) in [5, 5.41) is 0. The zero-order valence-electron chi connectivity index (χ0n) is 7.26. The van der Waals surface area contributed by atoms with E-state index >= 15 is 0 Å². The van der Waals surface area contributed by atoms with Crippen molar-refractivity contribution >= 4 is 10.4 Å². The first kappa shape index (κ1) is 9.29. The van der Waals surface area contributed by atoms with Gasteiger partial charge in [-0.1, -0.05) is 6.07 Å². The van der Waals surface area contributed by atoms with Crippen molar-refractivity contribution in [2.45, 2.75) is 6.42 Å². The highest BCUT2D eigenvalue weighted by Crippen LogP contribution is 2.36. The molecule has 0 aromatic heterocycles. The zero-order valence-corrected chi connectivity index (χ0v) is 8.08. The van der Waals surface area contributed by atoms with Crippen molar-refractivity contribution in [3.05, 3.63) is 23.8 Å². The van der Waals surface area contributed by atoms with E-state index in [9.17, 15) is 8.42 Å². The minimum absolute atomic E-state index is 0.228. The second-order valence-electron chi connectivity index (χ2n) is 2.89. The Bertz CT molecular complexity index is 454. The third kappa shape index (κ3) is 1.66. The first-order chi connectivity index (χ1) is 6.61. The number of nitrogens with two attached hydrogens (primary N) is 1. The Kier molecular flexibility index (Phi) is 2.09. The van der Waals surface area contributed by atoms with Crippen molar-refractivity contribution in [2.24, 2.45) is 5.73 Å². The van der Waals surface area contributed by atoms with E-state index in [1.807, 2.05) is 0 Å². The highest BCUT2D eigenvalue weighted by Gasteiger charge is 2.28. The molecule has 2 rings (SSSR count). The van der Waals surface area contributed by atoms with Crippen molar-refractivity contribution in [1.29, 1.82) is 0 Å². The van der Waals surface area contributed by atoms with Crippen LogP contribution in [0.25, 0.3) is 0 Å². The molecule has 0 saturated carbocycles. The van der Waals surface area contributed by atoms with Gasteiger partial charge in [0.2, 0.25) is 0 Å². The van der Waals surface area contributed by atoms with E-state index < -0.39 is 10.4 Å². The van der Waals surface area contributed by atoms with Gasteiger partial charge < -0.3 is 14.1 Å².